The fraction of sp³-hybridized carbons (Fsp3) is 0.625. The molecule has 0 rings (SSSR count). The first-order chi connectivity index (χ1) is 4.90. The van der Waals surface area contributed by atoms with E-state index in [-0.39, 0.29) is 50.7 Å². The van der Waals surface area contributed by atoms with Crippen LogP contribution >= 0.6 is 0 Å². The van der Waals surface area contributed by atoms with E-state index in [1.807, 2.05) is 0 Å². The van der Waals surface area contributed by atoms with Crippen molar-refractivity contribution in [2.75, 3.05) is 0 Å². The summed E-state index contributed by atoms with van der Waals surface area (Å²) in [5.41, 5.74) is -1.13. The Bertz CT molecular complexity index is 196. The molecule has 0 aromatic rings. The zero-order valence-corrected chi connectivity index (χ0v) is 10.3. The van der Waals surface area contributed by atoms with Gasteiger partial charge in [-0.3, -0.25) is 11.1 Å². The predicted octanol–water partition coefficient (Wildman–Crippen LogP) is 0.668. The second kappa shape index (κ2) is 5.71. The number of ketones is 2. The summed E-state index contributed by atoms with van der Waals surface area (Å²) in [4.78, 5) is 31.7. The van der Waals surface area contributed by atoms with Gasteiger partial charge in [-0.2, -0.15) is 0 Å². The zero-order chi connectivity index (χ0) is 9.07. The van der Waals surface area contributed by atoms with Crippen molar-refractivity contribution in [1.29, 1.82) is 0 Å². The van der Waals surface area contributed by atoms with Crippen LogP contribution in [0.3, 0.4) is 0 Å². The van der Waals surface area contributed by atoms with Crippen LogP contribution in [0.2, 0.25) is 0 Å². The molecule has 0 aromatic heterocycles. The molecule has 1 radical (unpaired) electrons. The minimum Gasteiger partial charge on any atom is -0.541 e. The summed E-state index contributed by atoms with van der Waals surface area (Å²) >= 11 is 0. The van der Waals surface area contributed by atoms with Crippen molar-refractivity contribution in [2.24, 2.45) is 5.41 Å². The van der Waals surface area contributed by atoms with Crippen LogP contribution in [0, 0.1) is 5.41 Å². The molecule has 0 unspecified atom stereocenters. The van der Waals surface area contributed by atoms with Crippen molar-refractivity contribution in [3.8, 4) is 0 Å². The Balaban J connectivity index is 0. The van der Waals surface area contributed by atoms with Crippen LogP contribution in [0.15, 0.2) is 0 Å². The average molecular weight is 244 g/mol. The molecule has 0 aliphatic heterocycles. The van der Waals surface area contributed by atoms with Gasteiger partial charge in [-0.15, -0.1) is 0 Å². The summed E-state index contributed by atoms with van der Waals surface area (Å²) in [6, 6.07) is 0. The maximum atomic E-state index is 11.0. The molecule has 0 saturated carbocycles. The number of rotatable bonds is 4. The maximum absolute atomic E-state index is 11.0. The Morgan fingerprint density at radius 2 is 1.75 bits per heavy atom. The Morgan fingerprint density at radius 1 is 1.33 bits per heavy atom. The first-order valence-corrected chi connectivity index (χ1v) is 3.32. The quantitative estimate of drug-likeness (QED) is 0.539. The van der Waals surface area contributed by atoms with Gasteiger partial charge in [0.05, 0.1) is 6.42 Å². The normalized spacial score (nSPS) is 9.92. The van der Waals surface area contributed by atoms with Gasteiger partial charge in [0.1, 0.15) is 11.6 Å². The van der Waals surface area contributed by atoms with Gasteiger partial charge in [-0.1, -0.05) is 19.3 Å². The number of Topliss-reactive ketones (excluding diaryl/α,β-unsaturated/α-hetero) is 2. The molecule has 0 atom stereocenters. The molecule has 12 heavy (non-hydrogen) atoms. The first kappa shape index (κ1) is 14.6. The minimum atomic E-state index is -1.13. The van der Waals surface area contributed by atoms with E-state index >= 15 is 0 Å². The molecule has 4 heteroatoms. The van der Waals surface area contributed by atoms with Gasteiger partial charge in [-0.25, -0.2) is 0 Å². The van der Waals surface area contributed by atoms with Gasteiger partial charge < -0.3 is 9.59 Å². The number of carbonyl (C=O) groups excluding carboxylic acids is 3. The molecule has 0 bridgehead atoms. The third-order valence-corrected chi connectivity index (χ3v) is 1.36. The van der Waals surface area contributed by atoms with E-state index in [4.69, 9.17) is 0 Å². The zero-order valence-electron chi connectivity index (χ0n) is 7.51. The van der Waals surface area contributed by atoms with Crippen LogP contribution in [0.25, 0.3) is 0 Å². The van der Waals surface area contributed by atoms with E-state index in [9.17, 15) is 14.4 Å². The van der Waals surface area contributed by atoms with E-state index in [1.54, 1.807) is 6.29 Å². The SMILES string of the molecule is CC(=O)CC(=O)C(C)(C)[C-]=O.[Y]. The summed E-state index contributed by atoms with van der Waals surface area (Å²) in [6.45, 7) is 4.22. The smallest absolute Gasteiger partial charge is 0.137 e. The molecule has 65 valence electrons. The molecule has 3 nitrogen and oxygen atoms in total. The molecule has 0 aromatic carbocycles. The summed E-state index contributed by atoms with van der Waals surface area (Å²) in [5.74, 6) is -0.599. The molecule has 0 N–H and O–H groups in total. The Hall–Kier alpha value is 0.114. The molecule has 0 amide bonds. The van der Waals surface area contributed by atoms with Crippen LogP contribution in [0.5, 0.6) is 0 Å². The fourth-order valence-corrected chi connectivity index (χ4v) is 0.504. The summed E-state index contributed by atoms with van der Waals surface area (Å²) in [6.07, 6.45) is 1.42. The molecule has 0 aliphatic carbocycles. The Morgan fingerprint density at radius 3 is 2.00 bits per heavy atom. The first-order valence-electron chi connectivity index (χ1n) is 3.32. The van der Waals surface area contributed by atoms with Crippen molar-refractivity contribution in [3.63, 3.8) is 0 Å². The molecule has 0 aliphatic rings. The van der Waals surface area contributed by atoms with Crippen LogP contribution < -0.4 is 0 Å². The third-order valence-electron chi connectivity index (χ3n) is 1.36. The van der Waals surface area contributed by atoms with Crippen LogP contribution in [0.1, 0.15) is 27.2 Å². The topological polar surface area (TPSA) is 51.2 Å². The predicted molar refractivity (Wildman–Crippen MR) is 39.8 cm³/mol. The molecular formula is C8H11O3Y-. The van der Waals surface area contributed by atoms with Crippen molar-refractivity contribution in [1.82, 2.24) is 0 Å². The third kappa shape index (κ3) is 4.88. The van der Waals surface area contributed by atoms with Gasteiger partial charge in [0, 0.05) is 32.7 Å². The second-order valence-electron chi connectivity index (χ2n) is 3.03. The minimum absolute atomic E-state index is 0. The van der Waals surface area contributed by atoms with E-state index in [0.29, 0.717) is 0 Å². The largest absolute Gasteiger partial charge is 0.541 e. The summed E-state index contributed by atoms with van der Waals surface area (Å²) in [7, 11) is 0. The van der Waals surface area contributed by atoms with Crippen LogP contribution in [-0.4, -0.2) is 17.9 Å². The van der Waals surface area contributed by atoms with E-state index in [2.05, 4.69) is 0 Å². The molecule has 0 fully saturated rings. The monoisotopic (exact) mass is 244 g/mol. The second-order valence-corrected chi connectivity index (χ2v) is 3.03. The van der Waals surface area contributed by atoms with Crippen LogP contribution in [0.4, 0.5) is 0 Å². The molecule has 0 heterocycles. The van der Waals surface area contributed by atoms with Crippen LogP contribution in [-0.2, 0) is 47.1 Å². The van der Waals surface area contributed by atoms with Gasteiger partial charge in [0.15, 0.2) is 0 Å². The standard InChI is InChI=1S/C8H11O3.Y/c1-6(10)4-7(11)8(2,3)5-9;/h4H2,1-3H3;/q-1;. The Labute approximate surface area is 97.2 Å². The van der Waals surface area contributed by atoms with Gasteiger partial charge in [0.2, 0.25) is 0 Å². The van der Waals surface area contributed by atoms with Crippen molar-refractivity contribution in [2.45, 2.75) is 27.2 Å². The van der Waals surface area contributed by atoms with E-state index in [0.717, 1.165) is 0 Å². The molecule has 0 spiro atoms. The van der Waals surface area contributed by atoms with Crippen molar-refractivity contribution >= 4 is 17.9 Å². The van der Waals surface area contributed by atoms with E-state index < -0.39 is 5.41 Å². The maximum Gasteiger partial charge on any atom is 0.137 e. The summed E-state index contributed by atoms with van der Waals surface area (Å²) < 4.78 is 0. The van der Waals surface area contributed by atoms with Gasteiger partial charge in [0.25, 0.3) is 0 Å². The van der Waals surface area contributed by atoms with Crippen molar-refractivity contribution < 1.29 is 47.1 Å². The number of hydrogen-bond acceptors (Lipinski definition) is 3. The number of carbonyl (C=O) groups is 2. The average Bonchev–Trinajstić information content (AvgIpc) is 1.86. The number of hydrogen-bond donors (Lipinski definition) is 0. The molecular weight excluding hydrogens is 233 g/mol. The Kier molecular flexibility index (Phi) is 6.96. The van der Waals surface area contributed by atoms with Gasteiger partial charge >= 0.3 is 0 Å². The summed E-state index contributed by atoms with van der Waals surface area (Å²) in [5, 5.41) is 0. The van der Waals surface area contributed by atoms with E-state index in [1.165, 1.54) is 20.8 Å². The van der Waals surface area contributed by atoms with Crippen molar-refractivity contribution in [3.05, 3.63) is 0 Å². The van der Waals surface area contributed by atoms with Gasteiger partial charge in [-0.05, 0) is 6.92 Å². The fourth-order valence-electron chi connectivity index (χ4n) is 0.504. The molecule has 0 saturated heterocycles.